The normalized spacial score (nSPS) is 57.0. The summed E-state index contributed by atoms with van der Waals surface area (Å²) in [5, 5.41) is 0. The second-order valence-corrected chi connectivity index (χ2v) is 3.49. The van der Waals surface area contributed by atoms with E-state index in [1.807, 2.05) is 0 Å². The Morgan fingerprint density at radius 1 is 1.38 bits per heavy atom. The van der Waals surface area contributed by atoms with Gasteiger partial charge in [0.1, 0.15) is 0 Å². The zero-order valence-electron chi connectivity index (χ0n) is 5.01. The Morgan fingerprint density at radius 2 is 2.38 bits per heavy atom. The van der Waals surface area contributed by atoms with Gasteiger partial charge in [0.25, 0.3) is 0 Å². The molecule has 3 saturated heterocycles. The fourth-order valence-corrected chi connectivity index (χ4v) is 2.21. The van der Waals surface area contributed by atoms with E-state index in [1.165, 1.54) is 19.3 Å². The van der Waals surface area contributed by atoms with Gasteiger partial charge in [0, 0.05) is 12.6 Å². The molecule has 3 aliphatic heterocycles. The van der Waals surface area contributed by atoms with Gasteiger partial charge in [0.05, 0.1) is 0 Å². The Labute approximate surface area is 50.2 Å². The lowest BCUT2D eigenvalue weighted by atomic mass is 9.79. The molecule has 3 rings (SSSR count). The third kappa shape index (κ3) is 0.344. The van der Waals surface area contributed by atoms with Crippen molar-refractivity contribution < 1.29 is 0 Å². The van der Waals surface area contributed by atoms with Gasteiger partial charge in [0.15, 0.2) is 0 Å². The zero-order valence-corrected chi connectivity index (χ0v) is 5.01. The maximum absolute atomic E-state index is 2.67. The molecule has 3 fully saturated rings. The molecular formula is C6H10BN. The standard InChI is InChI=1S/C6H10BN/c1-2-6-4-8(6)7-3-5(1)7/h5-6H,1-4H2. The molecule has 0 bridgehead atoms. The topological polar surface area (TPSA) is 3.01 Å². The Kier molecular flexibility index (Phi) is 0.489. The number of rotatable bonds is 0. The van der Waals surface area contributed by atoms with Crippen molar-refractivity contribution in [2.45, 2.75) is 31.0 Å². The molecule has 0 radical (unpaired) electrons. The Hall–Kier alpha value is 0.0249. The van der Waals surface area contributed by atoms with Crippen LogP contribution in [0.3, 0.4) is 0 Å². The second kappa shape index (κ2) is 0.993. The van der Waals surface area contributed by atoms with E-state index in [4.69, 9.17) is 0 Å². The van der Waals surface area contributed by atoms with E-state index >= 15 is 0 Å². The van der Waals surface area contributed by atoms with Gasteiger partial charge in [-0.15, -0.1) is 0 Å². The predicted molar refractivity (Wildman–Crippen MR) is 34.0 cm³/mol. The largest absolute Gasteiger partial charge is 0.337 e. The average Bonchev–Trinajstić information content (AvgIpc) is 2.59. The minimum absolute atomic E-state index is 1.05. The molecule has 0 amide bonds. The monoisotopic (exact) mass is 107 g/mol. The molecule has 0 aromatic carbocycles. The molecular weight excluding hydrogens is 96.9 g/mol. The van der Waals surface area contributed by atoms with E-state index in [0.29, 0.717) is 0 Å². The molecule has 2 heteroatoms. The van der Waals surface area contributed by atoms with Crippen LogP contribution in [0.5, 0.6) is 0 Å². The maximum Gasteiger partial charge on any atom is 0.225 e. The SMILES string of the molecule is C1CC2CN2B2CC12. The van der Waals surface area contributed by atoms with E-state index in [-0.39, 0.29) is 0 Å². The van der Waals surface area contributed by atoms with Crippen LogP contribution in [0.15, 0.2) is 0 Å². The van der Waals surface area contributed by atoms with Crippen molar-refractivity contribution in [2.75, 3.05) is 6.54 Å². The first kappa shape index (κ1) is 3.94. The molecule has 8 heavy (non-hydrogen) atoms. The van der Waals surface area contributed by atoms with Crippen LogP contribution in [0.2, 0.25) is 12.1 Å². The van der Waals surface area contributed by atoms with Gasteiger partial charge in [-0.1, -0.05) is 18.6 Å². The minimum Gasteiger partial charge on any atom is -0.337 e. The van der Waals surface area contributed by atoms with Gasteiger partial charge in [0.2, 0.25) is 6.85 Å². The highest BCUT2D eigenvalue weighted by atomic mass is 15.3. The molecule has 1 nitrogen and oxygen atoms in total. The van der Waals surface area contributed by atoms with Crippen molar-refractivity contribution in [3.63, 3.8) is 0 Å². The molecule has 3 atom stereocenters. The van der Waals surface area contributed by atoms with Gasteiger partial charge < -0.3 is 4.81 Å². The average molecular weight is 107 g/mol. The first-order valence-electron chi connectivity index (χ1n) is 3.71. The number of hydrogen-bond acceptors (Lipinski definition) is 1. The van der Waals surface area contributed by atoms with Crippen molar-refractivity contribution >= 4 is 6.85 Å². The van der Waals surface area contributed by atoms with Crippen LogP contribution in [-0.2, 0) is 0 Å². The summed E-state index contributed by atoms with van der Waals surface area (Å²) in [6, 6.07) is 1.05. The quantitative estimate of drug-likeness (QED) is 0.327. The summed E-state index contributed by atoms with van der Waals surface area (Å²) < 4.78 is 0. The molecule has 0 spiro atoms. The van der Waals surface area contributed by atoms with Crippen LogP contribution in [0.25, 0.3) is 0 Å². The summed E-state index contributed by atoms with van der Waals surface area (Å²) in [6.07, 6.45) is 4.60. The predicted octanol–water partition coefficient (Wildman–Crippen LogP) is 0.840. The highest BCUT2D eigenvalue weighted by Crippen LogP contribution is 2.53. The molecule has 0 N–H and O–H groups in total. The van der Waals surface area contributed by atoms with Crippen LogP contribution in [0.4, 0.5) is 0 Å². The lowest BCUT2D eigenvalue weighted by Crippen LogP contribution is -2.14. The Morgan fingerprint density at radius 3 is 3.25 bits per heavy atom. The summed E-state index contributed by atoms with van der Waals surface area (Å²) in [5.74, 6) is 1.15. The lowest BCUT2D eigenvalue weighted by molar-refractivity contribution is 0.631. The summed E-state index contributed by atoms with van der Waals surface area (Å²) in [4.78, 5) is 2.67. The molecule has 3 aliphatic rings. The van der Waals surface area contributed by atoms with Crippen LogP contribution in [-0.4, -0.2) is 24.2 Å². The highest BCUT2D eigenvalue weighted by Gasteiger charge is 2.57. The molecule has 42 valence electrons. The first-order valence-corrected chi connectivity index (χ1v) is 3.71. The minimum atomic E-state index is 1.05. The fourth-order valence-electron chi connectivity index (χ4n) is 2.21. The van der Waals surface area contributed by atoms with Crippen LogP contribution in [0.1, 0.15) is 12.8 Å². The number of nitrogens with zero attached hydrogens (tertiary/aromatic N) is 1. The van der Waals surface area contributed by atoms with Gasteiger partial charge in [-0.2, -0.15) is 0 Å². The third-order valence-corrected chi connectivity index (χ3v) is 2.94. The lowest BCUT2D eigenvalue weighted by Gasteiger charge is -2.05. The molecule has 0 aliphatic carbocycles. The Bertz CT molecular complexity index is 120. The summed E-state index contributed by atoms with van der Waals surface area (Å²) in [5.41, 5.74) is 0. The van der Waals surface area contributed by atoms with Gasteiger partial charge in [-0.05, 0) is 6.42 Å². The smallest absolute Gasteiger partial charge is 0.225 e. The second-order valence-electron chi connectivity index (χ2n) is 3.49. The van der Waals surface area contributed by atoms with Gasteiger partial charge in [-0.3, -0.25) is 0 Å². The maximum atomic E-state index is 2.67. The van der Waals surface area contributed by atoms with Crippen molar-refractivity contribution in [2.24, 2.45) is 0 Å². The summed E-state index contributed by atoms with van der Waals surface area (Å²) >= 11 is 0. The van der Waals surface area contributed by atoms with Crippen molar-refractivity contribution in [3.05, 3.63) is 0 Å². The number of hydrogen-bond donors (Lipinski definition) is 0. The third-order valence-electron chi connectivity index (χ3n) is 2.94. The van der Waals surface area contributed by atoms with Crippen LogP contribution in [0, 0.1) is 0 Å². The number of fused-ring (bicyclic) bond motifs is 3. The highest BCUT2D eigenvalue weighted by molar-refractivity contribution is 6.70. The Balaban J connectivity index is 1.89. The van der Waals surface area contributed by atoms with E-state index in [0.717, 1.165) is 18.7 Å². The van der Waals surface area contributed by atoms with E-state index in [9.17, 15) is 0 Å². The molecule has 0 aromatic rings. The first-order chi connectivity index (χ1) is 3.95. The van der Waals surface area contributed by atoms with Crippen LogP contribution >= 0.6 is 0 Å². The van der Waals surface area contributed by atoms with Crippen molar-refractivity contribution in [3.8, 4) is 0 Å². The zero-order chi connectivity index (χ0) is 5.14. The van der Waals surface area contributed by atoms with Gasteiger partial charge >= 0.3 is 0 Å². The van der Waals surface area contributed by atoms with E-state index in [1.54, 1.807) is 6.42 Å². The van der Waals surface area contributed by atoms with E-state index in [2.05, 4.69) is 4.81 Å². The van der Waals surface area contributed by atoms with Crippen LogP contribution < -0.4 is 0 Å². The molecule has 3 heterocycles. The molecule has 0 saturated carbocycles. The summed E-state index contributed by atoms with van der Waals surface area (Å²) in [7, 11) is 0. The molecule has 0 aromatic heterocycles. The molecule has 3 unspecified atom stereocenters. The van der Waals surface area contributed by atoms with E-state index < -0.39 is 0 Å². The fraction of sp³-hybridized carbons (Fsp3) is 1.00. The van der Waals surface area contributed by atoms with Gasteiger partial charge in [-0.25, -0.2) is 0 Å². The summed E-state index contributed by atoms with van der Waals surface area (Å²) in [6.45, 7) is 2.52. The van der Waals surface area contributed by atoms with Crippen molar-refractivity contribution in [1.29, 1.82) is 0 Å². The van der Waals surface area contributed by atoms with Crippen molar-refractivity contribution in [1.82, 2.24) is 4.81 Å².